The minimum absolute atomic E-state index is 0.225. The molecule has 1 aliphatic heterocycles. The number of benzene rings is 1. The van der Waals surface area contributed by atoms with Crippen molar-refractivity contribution in [3.8, 4) is 0 Å². The quantitative estimate of drug-likeness (QED) is 0.667. The molecule has 0 atom stereocenters. The van der Waals surface area contributed by atoms with E-state index in [0.29, 0.717) is 0 Å². The Kier molecular flexibility index (Phi) is 2.47. The number of rotatable bonds is 1. The molecular weight excluding hydrogens is 166 g/mol. The lowest BCUT2D eigenvalue weighted by Crippen LogP contribution is -2.17. The van der Waals surface area contributed by atoms with Crippen LogP contribution >= 0.6 is 0 Å². The van der Waals surface area contributed by atoms with E-state index in [1.165, 1.54) is 0 Å². The molecule has 0 spiro atoms. The summed E-state index contributed by atoms with van der Waals surface area (Å²) in [5, 5.41) is 0. The van der Waals surface area contributed by atoms with Crippen molar-refractivity contribution >= 4 is 5.69 Å². The molecule has 3 heteroatoms. The molecule has 13 heavy (non-hydrogen) atoms. The zero-order valence-corrected chi connectivity index (χ0v) is 7.40. The van der Waals surface area contributed by atoms with E-state index in [4.69, 9.17) is 15.2 Å². The third-order valence-corrected chi connectivity index (χ3v) is 2.01. The minimum atomic E-state index is -0.225. The van der Waals surface area contributed by atoms with Crippen molar-refractivity contribution in [2.75, 3.05) is 18.9 Å². The highest BCUT2D eigenvalue weighted by molar-refractivity contribution is 5.41. The minimum Gasteiger partial charge on any atom is -0.399 e. The molecule has 70 valence electrons. The molecule has 1 aromatic rings. The monoisotopic (exact) mass is 179 g/mol. The van der Waals surface area contributed by atoms with Gasteiger partial charge in [0.05, 0.1) is 13.2 Å². The molecule has 0 saturated carbocycles. The van der Waals surface area contributed by atoms with E-state index >= 15 is 0 Å². The molecule has 0 aromatic heterocycles. The summed E-state index contributed by atoms with van der Waals surface area (Å²) < 4.78 is 10.9. The van der Waals surface area contributed by atoms with Gasteiger partial charge in [-0.2, -0.15) is 0 Å². The van der Waals surface area contributed by atoms with Crippen LogP contribution in [0, 0.1) is 0 Å². The number of nitrogens with two attached hydrogens (primary N) is 1. The zero-order chi connectivity index (χ0) is 9.10. The first-order valence-electron chi connectivity index (χ1n) is 4.45. The molecule has 1 saturated heterocycles. The Hall–Kier alpha value is -1.06. The first kappa shape index (κ1) is 8.53. The van der Waals surface area contributed by atoms with Gasteiger partial charge in [-0.05, 0) is 18.6 Å². The maximum atomic E-state index is 5.65. The number of ether oxygens (including phenoxy) is 2. The number of hydrogen-bond donors (Lipinski definition) is 1. The van der Waals surface area contributed by atoms with Gasteiger partial charge in [-0.3, -0.25) is 0 Å². The smallest absolute Gasteiger partial charge is 0.183 e. The van der Waals surface area contributed by atoms with Gasteiger partial charge in [0.1, 0.15) is 0 Å². The van der Waals surface area contributed by atoms with Crippen molar-refractivity contribution < 1.29 is 9.47 Å². The average molecular weight is 179 g/mol. The Labute approximate surface area is 77.5 Å². The van der Waals surface area contributed by atoms with Crippen molar-refractivity contribution in [2.24, 2.45) is 0 Å². The lowest BCUT2D eigenvalue weighted by Gasteiger charge is -2.23. The molecule has 0 bridgehead atoms. The molecule has 0 radical (unpaired) electrons. The second-order valence-corrected chi connectivity index (χ2v) is 3.10. The van der Waals surface area contributed by atoms with Crippen LogP contribution in [-0.2, 0) is 9.47 Å². The summed E-state index contributed by atoms with van der Waals surface area (Å²) in [6.45, 7) is 1.53. The molecule has 0 aliphatic carbocycles. The van der Waals surface area contributed by atoms with E-state index in [1.54, 1.807) is 0 Å². The summed E-state index contributed by atoms with van der Waals surface area (Å²) in [5.74, 6) is 0. The third-order valence-electron chi connectivity index (χ3n) is 2.01. The molecular formula is C10H13NO2. The van der Waals surface area contributed by atoms with Crippen molar-refractivity contribution in [1.82, 2.24) is 0 Å². The fourth-order valence-corrected chi connectivity index (χ4v) is 1.39. The Morgan fingerprint density at radius 3 is 2.69 bits per heavy atom. The van der Waals surface area contributed by atoms with E-state index in [9.17, 15) is 0 Å². The van der Waals surface area contributed by atoms with Crippen LogP contribution in [0.15, 0.2) is 24.3 Å². The fourth-order valence-electron chi connectivity index (χ4n) is 1.39. The standard InChI is InChI=1S/C10H13NO2/c11-9-4-1-3-8(7-9)10-12-5-2-6-13-10/h1,3-4,7,10H,2,5-6,11H2. The fraction of sp³-hybridized carbons (Fsp3) is 0.400. The number of anilines is 1. The van der Waals surface area contributed by atoms with Crippen LogP contribution < -0.4 is 5.73 Å². The third kappa shape index (κ3) is 1.99. The summed E-state index contributed by atoms with van der Waals surface area (Å²) in [7, 11) is 0. The van der Waals surface area contributed by atoms with Gasteiger partial charge in [-0.1, -0.05) is 12.1 Å². The molecule has 1 aliphatic rings. The molecule has 0 amide bonds. The Morgan fingerprint density at radius 2 is 2.00 bits per heavy atom. The van der Waals surface area contributed by atoms with Crippen LogP contribution in [0.4, 0.5) is 5.69 Å². The zero-order valence-electron chi connectivity index (χ0n) is 7.40. The summed E-state index contributed by atoms with van der Waals surface area (Å²) in [6.07, 6.45) is 0.746. The molecule has 1 fully saturated rings. The highest BCUT2D eigenvalue weighted by Gasteiger charge is 2.15. The predicted octanol–water partition coefficient (Wildman–Crippen LogP) is 1.70. The second-order valence-electron chi connectivity index (χ2n) is 3.10. The topological polar surface area (TPSA) is 44.5 Å². The van der Waals surface area contributed by atoms with Crippen molar-refractivity contribution in [3.05, 3.63) is 29.8 Å². The van der Waals surface area contributed by atoms with Gasteiger partial charge in [0.2, 0.25) is 0 Å². The number of nitrogen functional groups attached to an aromatic ring is 1. The van der Waals surface area contributed by atoms with Crippen LogP contribution in [0.5, 0.6) is 0 Å². The average Bonchev–Trinajstić information content (AvgIpc) is 2.19. The maximum Gasteiger partial charge on any atom is 0.183 e. The van der Waals surface area contributed by atoms with Crippen molar-refractivity contribution in [2.45, 2.75) is 12.7 Å². The summed E-state index contributed by atoms with van der Waals surface area (Å²) in [4.78, 5) is 0. The lowest BCUT2D eigenvalue weighted by atomic mass is 10.2. The molecule has 3 nitrogen and oxygen atoms in total. The Balaban J connectivity index is 2.14. The molecule has 2 N–H and O–H groups in total. The summed E-state index contributed by atoms with van der Waals surface area (Å²) in [6, 6.07) is 7.61. The van der Waals surface area contributed by atoms with Crippen LogP contribution in [0.1, 0.15) is 18.3 Å². The van der Waals surface area contributed by atoms with E-state index in [2.05, 4.69) is 0 Å². The van der Waals surface area contributed by atoms with Gasteiger partial charge >= 0.3 is 0 Å². The maximum absolute atomic E-state index is 5.65. The molecule has 1 heterocycles. The Bertz CT molecular complexity index is 282. The SMILES string of the molecule is Nc1cccc(C2OCCCO2)c1. The van der Waals surface area contributed by atoms with Crippen molar-refractivity contribution in [3.63, 3.8) is 0 Å². The van der Waals surface area contributed by atoms with Gasteiger partial charge in [-0.15, -0.1) is 0 Å². The van der Waals surface area contributed by atoms with Gasteiger partial charge in [0.25, 0.3) is 0 Å². The number of hydrogen-bond acceptors (Lipinski definition) is 3. The summed E-state index contributed by atoms with van der Waals surface area (Å²) in [5.41, 5.74) is 7.40. The largest absolute Gasteiger partial charge is 0.399 e. The predicted molar refractivity (Wildman–Crippen MR) is 50.1 cm³/mol. The van der Waals surface area contributed by atoms with Crippen LogP contribution in [-0.4, -0.2) is 13.2 Å². The van der Waals surface area contributed by atoms with Gasteiger partial charge < -0.3 is 15.2 Å². The van der Waals surface area contributed by atoms with Gasteiger partial charge in [-0.25, -0.2) is 0 Å². The normalized spacial score (nSPS) is 18.8. The summed E-state index contributed by atoms with van der Waals surface area (Å²) >= 11 is 0. The first-order valence-corrected chi connectivity index (χ1v) is 4.45. The highest BCUT2D eigenvalue weighted by Crippen LogP contribution is 2.23. The molecule has 2 rings (SSSR count). The van der Waals surface area contributed by atoms with E-state index in [0.717, 1.165) is 30.9 Å². The molecule has 1 aromatic carbocycles. The molecule has 0 unspecified atom stereocenters. The van der Waals surface area contributed by atoms with Gasteiger partial charge in [0.15, 0.2) is 6.29 Å². The first-order chi connectivity index (χ1) is 6.36. The van der Waals surface area contributed by atoms with Gasteiger partial charge in [0, 0.05) is 11.3 Å². The van der Waals surface area contributed by atoms with E-state index < -0.39 is 0 Å². The lowest BCUT2D eigenvalue weighted by molar-refractivity contribution is -0.183. The van der Waals surface area contributed by atoms with Crippen LogP contribution in [0.2, 0.25) is 0 Å². The van der Waals surface area contributed by atoms with Crippen LogP contribution in [0.25, 0.3) is 0 Å². The van der Waals surface area contributed by atoms with Crippen molar-refractivity contribution in [1.29, 1.82) is 0 Å². The Morgan fingerprint density at radius 1 is 1.23 bits per heavy atom. The van der Waals surface area contributed by atoms with Crippen LogP contribution in [0.3, 0.4) is 0 Å². The second kappa shape index (κ2) is 3.77. The van der Waals surface area contributed by atoms with E-state index in [1.807, 2.05) is 24.3 Å². The highest BCUT2D eigenvalue weighted by atomic mass is 16.7. The van der Waals surface area contributed by atoms with E-state index in [-0.39, 0.29) is 6.29 Å².